The molecule has 0 bridgehead atoms. The minimum Gasteiger partial charge on any atom is -0.497 e. The lowest BCUT2D eigenvalue weighted by Crippen LogP contribution is -2.60. The lowest BCUT2D eigenvalue weighted by molar-refractivity contribution is -0.277. The highest BCUT2D eigenvalue weighted by atomic mass is 16.7. The van der Waals surface area contributed by atoms with Crippen LogP contribution in [-0.4, -0.2) is 33.7 Å². The van der Waals surface area contributed by atoms with Crippen LogP contribution >= 0.6 is 0 Å². The van der Waals surface area contributed by atoms with Crippen LogP contribution in [0.5, 0.6) is 5.75 Å². The maximum Gasteiger partial charge on any atom is 0.169 e. The number of ether oxygens (including phenoxy) is 3. The van der Waals surface area contributed by atoms with Crippen molar-refractivity contribution in [1.82, 2.24) is 0 Å². The maximum atomic E-state index is 5.96. The molecule has 0 spiro atoms. The number of benzene rings is 1. The van der Waals surface area contributed by atoms with E-state index in [4.69, 9.17) is 19.9 Å². The van der Waals surface area contributed by atoms with E-state index in [1.807, 2.05) is 12.1 Å². The van der Waals surface area contributed by atoms with Crippen LogP contribution in [0.1, 0.15) is 18.4 Å². The van der Waals surface area contributed by atoms with Gasteiger partial charge in [-0.1, -0.05) is 12.1 Å². The first-order valence-corrected chi connectivity index (χ1v) is 6.08. The summed E-state index contributed by atoms with van der Waals surface area (Å²) in [6, 6.07) is 8.07. The Hall–Kier alpha value is -1.10. The zero-order valence-electron chi connectivity index (χ0n) is 11.2. The predicted molar refractivity (Wildman–Crippen MR) is 69.7 cm³/mol. The van der Waals surface area contributed by atoms with Gasteiger partial charge in [-0.25, -0.2) is 0 Å². The first kappa shape index (κ1) is 13.3. The van der Waals surface area contributed by atoms with Gasteiger partial charge in [0.05, 0.1) is 7.11 Å². The number of hydrogen-bond acceptors (Lipinski definition) is 4. The standard InChI is InChI=1S/C14H21NO3/c1-16-12-6-4-11(5-7-12)13(10-15)8-14(9-13,17-2)18-3/h4-7H,8-10,15H2,1-3H3. The number of hydrogen-bond donors (Lipinski definition) is 1. The van der Waals surface area contributed by atoms with Crippen molar-refractivity contribution in [3.8, 4) is 5.75 Å². The molecule has 4 heteroatoms. The molecule has 0 radical (unpaired) electrons. The van der Waals surface area contributed by atoms with Crippen LogP contribution in [0.25, 0.3) is 0 Å². The summed E-state index contributed by atoms with van der Waals surface area (Å²) in [7, 11) is 5.02. The summed E-state index contributed by atoms with van der Waals surface area (Å²) in [4.78, 5) is 0. The van der Waals surface area contributed by atoms with Crippen LogP contribution in [0.4, 0.5) is 0 Å². The molecule has 1 saturated carbocycles. The molecule has 0 saturated heterocycles. The molecule has 100 valence electrons. The Balaban J connectivity index is 2.19. The third-order valence-corrected chi connectivity index (χ3v) is 4.05. The van der Waals surface area contributed by atoms with Crippen molar-refractivity contribution >= 4 is 0 Å². The Morgan fingerprint density at radius 2 is 1.61 bits per heavy atom. The molecule has 4 nitrogen and oxygen atoms in total. The average Bonchev–Trinajstić information content (AvgIpc) is 2.40. The van der Waals surface area contributed by atoms with Gasteiger partial charge in [0.2, 0.25) is 0 Å². The molecule has 1 fully saturated rings. The zero-order chi connectivity index (χ0) is 13.2. The molecule has 2 rings (SSSR count). The second kappa shape index (κ2) is 4.88. The van der Waals surface area contributed by atoms with Gasteiger partial charge in [0, 0.05) is 39.0 Å². The Labute approximate surface area is 108 Å². The van der Waals surface area contributed by atoms with E-state index in [2.05, 4.69) is 12.1 Å². The van der Waals surface area contributed by atoms with Gasteiger partial charge >= 0.3 is 0 Å². The van der Waals surface area contributed by atoms with Crippen LogP contribution in [-0.2, 0) is 14.9 Å². The van der Waals surface area contributed by atoms with Crippen molar-refractivity contribution in [2.45, 2.75) is 24.0 Å². The molecule has 2 N–H and O–H groups in total. The van der Waals surface area contributed by atoms with Gasteiger partial charge in [-0.15, -0.1) is 0 Å². The second-order valence-electron chi connectivity index (χ2n) is 4.89. The van der Waals surface area contributed by atoms with Crippen molar-refractivity contribution < 1.29 is 14.2 Å². The lowest BCUT2D eigenvalue weighted by Gasteiger charge is -2.54. The third-order valence-electron chi connectivity index (χ3n) is 4.05. The van der Waals surface area contributed by atoms with Crippen molar-refractivity contribution in [2.24, 2.45) is 5.73 Å². The van der Waals surface area contributed by atoms with Gasteiger partial charge in [0.1, 0.15) is 5.75 Å². The minimum absolute atomic E-state index is 0.0434. The van der Waals surface area contributed by atoms with Gasteiger partial charge in [-0.05, 0) is 17.7 Å². The smallest absolute Gasteiger partial charge is 0.169 e. The van der Waals surface area contributed by atoms with E-state index >= 15 is 0 Å². The van der Waals surface area contributed by atoms with E-state index in [1.165, 1.54) is 5.56 Å². The Morgan fingerprint density at radius 1 is 1.06 bits per heavy atom. The highest BCUT2D eigenvalue weighted by Crippen LogP contribution is 2.51. The van der Waals surface area contributed by atoms with Crippen LogP contribution < -0.4 is 10.5 Å². The largest absolute Gasteiger partial charge is 0.497 e. The third kappa shape index (κ3) is 2.00. The lowest BCUT2D eigenvalue weighted by atomic mass is 9.60. The van der Waals surface area contributed by atoms with E-state index in [0.717, 1.165) is 18.6 Å². The summed E-state index contributed by atoms with van der Waals surface area (Å²) in [5.74, 6) is 0.384. The maximum absolute atomic E-state index is 5.96. The molecule has 18 heavy (non-hydrogen) atoms. The summed E-state index contributed by atoms with van der Waals surface area (Å²) in [5.41, 5.74) is 7.13. The SMILES string of the molecule is COc1ccc(C2(CN)CC(OC)(OC)C2)cc1. The van der Waals surface area contributed by atoms with Crippen molar-refractivity contribution in [3.63, 3.8) is 0 Å². The van der Waals surface area contributed by atoms with Crippen LogP contribution in [0, 0.1) is 0 Å². The first-order valence-electron chi connectivity index (χ1n) is 6.08. The molecule has 0 aromatic heterocycles. The summed E-state index contributed by atoms with van der Waals surface area (Å²) in [6.45, 7) is 0.591. The number of methoxy groups -OCH3 is 3. The van der Waals surface area contributed by atoms with Crippen LogP contribution in [0.2, 0.25) is 0 Å². The van der Waals surface area contributed by atoms with E-state index in [1.54, 1.807) is 21.3 Å². The predicted octanol–water partition coefficient (Wildman–Crippen LogP) is 1.67. The quantitative estimate of drug-likeness (QED) is 0.809. The molecule has 1 aromatic rings. The number of nitrogens with two attached hydrogens (primary N) is 1. The van der Waals surface area contributed by atoms with Gasteiger partial charge < -0.3 is 19.9 Å². The molecule has 1 aliphatic rings. The van der Waals surface area contributed by atoms with E-state index in [9.17, 15) is 0 Å². The Kier molecular flexibility index (Phi) is 3.61. The molecule has 0 atom stereocenters. The fraction of sp³-hybridized carbons (Fsp3) is 0.571. The molecule has 1 aliphatic carbocycles. The average molecular weight is 251 g/mol. The minimum atomic E-state index is -0.473. The number of rotatable bonds is 5. The molecule has 0 unspecified atom stereocenters. The fourth-order valence-corrected chi connectivity index (χ4v) is 2.76. The van der Waals surface area contributed by atoms with Gasteiger partial charge in [-0.3, -0.25) is 0 Å². The van der Waals surface area contributed by atoms with Crippen molar-refractivity contribution in [3.05, 3.63) is 29.8 Å². The van der Waals surface area contributed by atoms with E-state index < -0.39 is 5.79 Å². The summed E-state index contributed by atoms with van der Waals surface area (Å²) < 4.78 is 16.1. The topological polar surface area (TPSA) is 53.7 Å². The van der Waals surface area contributed by atoms with Gasteiger partial charge in [0.25, 0.3) is 0 Å². The van der Waals surface area contributed by atoms with Crippen LogP contribution in [0.3, 0.4) is 0 Å². The normalized spacial score (nSPS) is 20.2. The van der Waals surface area contributed by atoms with Gasteiger partial charge in [0.15, 0.2) is 5.79 Å². The van der Waals surface area contributed by atoms with Crippen molar-refractivity contribution in [1.29, 1.82) is 0 Å². The van der Waals surface area contributed by atoms with Gasteiger partial charge in [-0.2, -0.15) is 0 Å². The summed E-state index contributed by atoms with van der Waals surface area (Å²) >= 11 is 0. The molecule has 0 heterocycles. The summed E-state index contributed by atoms with van der Waals surface area (Å²) in [6.07, 6.45) is 1.58. The highest BCUT2D eigenvalue weighted by Gasteiger charge is 2.55. The van der Waals surface area contributed by atoms with Crippen molar-refractivity contribution in [2.75, 3.05) is 27.9 Å². The molecular weight excluding hydrogens is 230 g/mol. The van der Waals surface area contributed by atoms with E-state index in [-0.39, 0.29) is 5.41 Å². The highest BCUT2D eigenvalue weighted by molar-refractivity contribution is 5.36. The molecule has 0 amide bonds. The van der Waals surface area contributed by atoms with Crippen LogP contribution in [0.15, 0.2) is 24.3 Å². The first-order chi connectivity index (χ1) is 8.63. The second-order valence-corrected chi connectivity index (χ2v) is 4.89. The summed E-state index contributed by atoms with van der Waals surface area (Å²) in [5, 5.41) is 0. The van der Waals surface area contributed by atoms with E-state index in [0.29, 0.717) is 6.54 Å². The molecule has 1 aromatic carbocycles. The molecule has 0 aliphatic heterocycles. The monoisotopic (exact) mass is 251 g/mol. The fourth-order valence-electron chi connectivity index (χ4n) is 2.76. The molecular formula is C14H21NO3. The zero-order valence-corrected chi connectivity index (χ0v) is 11.2. The Bertz CT molecular complexity index is 390. The Morgan fingerprint density at radius 3 is 2.00 bits per heavy atom.